The molecule has 1 atom stereocenters. The number of aliphatic hydroxyl groups excluding tert-OH is 1. The summed E-state index contributed by atoms with van der Waals surface area (Å²) < 4.78 is 0. The van der Waals surface area contributed by atoms with Gasteiger partial charge in [0.1, 0.15) is 6.10 Å². The molecule has 17 heavy (non-hydrogen) atoms. The fraction of sp³-hybridized carbons (Fsp3) is 0.455. The normalized spacial score (nSPS) is 12.6. The average molecular weight is 233 g/mol. The third-order valence-corrected chi connectivity index (χ3v) is 2.55. The standard InChI is InChI=1S/C11H15N5O/c1-3-8-5-4-6-12-11(8)9(17)7-10-13-15-16(2)14-10/h4-6,9,17H,3,7H2,1-2H3. The summed E-state index contributed by atoms with van der Waals surface area (Å²) in [5.74, 6) is 0.521. The van der Waals surface area contributed by atoms with Gasteiger partial charge in [-0.2, -0.15) is 4.80 Å². The summed E-state index contributed by atoms with van der Waals surface area (Å²) in [6.45, 7) is 2.04. The van der Waals surface area contributed by atoms with E-state index >= 15 is 0 Å². The maximum Gasteiger partial charge on any atom is 0.177 e. The van der Waals surface area contributed by atoms with Gasteiger partial charge in [0, 0.05) is 12.6 Å². The second-order valence-corrected chi connectivity index (χ2v) is 3.82. The lowest BCUT2D eigenvalue weighted by Gasteiger charge is -2.11. The highest BCUT2D eigenvalue weighted by atomic mass is 16.3. The van der Waals surface area contributed by atoms with Crippen LogP contribution in [0.15, 0.2) is 18.3 Å². The second kappa shape index (κ2) is 5.01. The summed E-state index contributed by atoms with van der Waals surface area (Å²) in [6, 6.07) is 3.84. The van der Waals surface area contributed by atoms with Crippen LogP contribution in [0.2, 0.25) is 0 Å². The van der Waals surface area contributed by atoms with Crippen LogP contribution in [-0.2, 0) is 19.9 Å². The lowest BCUT2D eigenvalue weighted by Crippen LogP contribution is -2.08. The number of aromatic nitrogens is 5. The van der Waals surface area contributed by atoms with Crippen LogP contribution >= 0.6 is 0 Å². The Morgan fingerprint density at radius 1 is 1.47 bits per heavy atom. The van der Waals surface area contributed by atoms with E-state index in [4.69, 9.17) is 0 Å². The van der Waals surface area contributed by atoms with Crippen LogP contribution < -0.4 is 0 Å². The molecule has 6 heteroatoms. The van der Waals surface area contributed by atoms with Gasteiger partial charge in [-0.1, -0.05) is 13.0 Å². The number of nitrogens with zero attached hydrogens (tertiary/aromatic N) is 5. The first-order valence-electron chi connectivity index (χ1n) is 5.55. The van der Waals surface area contributed by atoms with E-state index in [1.807, 2.05) is 19.1 Å². The van der Waals surface area contributed by atoms with Crippen molar-refractivity contribution in [3.05, 3.63) is 35.4 Å². The Hall–Kier alpha value is -1.82. The summed E-state index contributed by atoms with van der Waals surface area (Å²) in [7, 11) is 1.70. The summed E-state index contributed by atoms with van der Waals surface area (Å²) >= 11 is 0. The molecule has 2 heterocycles. The van der Waals surface area contributed by atoms with E-state index in [0.717, 1.165) is 12.0 Å². The Morgan fingerprint density at radius 2 is 2.29 bits per heavy atom. The quantitative estimate of drug-likeness (QED) is 0.829. The molecule has 0 amide bonds. The number of aliphatic hydroxyl groups is 1. The topological polar surface area (TPSA) is 76.7 Å². The zero-order valence-electron chi connectivity index (χ0n) is 9.91. The van der Waals surface area contributed by atoms with Crippen molar-refractivity contribution in [3.8, 4) is 0 Å². The Kier molecular flexibility index (Phi) is 3.43. The van der Waals surface area contributed by atoms with E-state index in [0.29, 0.717) is 17.9 Å². The maximum absolute atomic E-state index is 10.1. The predicted molar refractivity (Wildman–Crippen MR) is 61.1 cm³/mol. The number of hydrogen-bond acceptors (Lipinski definition) is 5. The van der Waals surface area contributed by atoms with Crippen LogP contribution in [0.1, 0.15) is 30.1 Å². The van der Waals surface area contributed by atoms with E-state index in [2.05, 4.69) is 20.4 Å². The van der Waals surface area contributed by atoms with Crippen molar-refractivity contribution >= 4 is 0 Å². The van der Waals surface area contributed by atoms with Gasteiger partial charge >= 0.3 is 0 Å². The smallest absolute Gasteiger partial charge is 0.177 e. The Balaban J connectivity index is 2.16. The van der Waals surface area contributed by atoms with Crippen molar-refractivity contribution < 1.29 is 5.11 Å². The molecule has 0 aliphatic rings. The minimum absolute atomic E-state index is 0.331. The molecule has 0 bridgehead atoms. The molecule has 90 valence electrons. The molecule has 2 aromatic heterocycles. The van der Waals surface area contributed by atoms with Crippen LogP contribution in [0.5, 0.6) is 0 Å². The van der Waals surface area contributed by atoms with Crippen LogP contribution in [0.3, 0.4) is 0 Å². The lowest BCUT2D eigenvalue weighted by atomic mass is 10.0. The fourth-order valence-electron chi connectivity index (χ4n) is 1.72. The highest BCUT2D eigenvalue weighted by molar-refractivity contribution is 5.22. The molecule has 1 unspecified atom stereocenters. The molecular weight excluding hydrogens is 218 g/mol. The molecule has 0 spiro atoms. The van der Waals surface area contributed by atoms with Gasteiger partial charge in [0.2, 0.25) is 0 Å². The predicted octanol–water partition coefficient (Wildman–Crippen LogP) is 0.444. The Bertz CT molecular complexity index is 496. The Labute approximate surface area is 99.3 Å². The highest BCUT2D eigenvalue weighted by Crippen LogP contribution is 2.18. The average Bonchev–Trinajstić information content (AvgIpc) is 2.74. The minimum atomic E-state index is -0.685. The monoisotopic (exact) mass is 233 g/mol. The van der Waals surface area contributed by atoms with Crippen LogP contribution in [-0.4, -0.2) is 30.3 Å². The second-order valence-electron chi connectivity index (χ2n) is 3.82. The van der Waals surface area contributed by atoms with Crippen molar-refractivity contribution in [2.75, 3.05) is 0 Å². The molecule has 2 aromatic rings. The van der Waals surface area contributed by atoms with Crippen molar-refractivity contribution in [3.63, 3.8) is 0 Å². The third-order valence-electron chi connectivity index (χ3n) is 2.55. The van der Waals surface area contributed by atoms with Crippen molar-refractivity contribution in [1.29, 1.82) is 0 Å². The van der Waals surface area contributed by atoms with Gasteiger partial charge in [-0.3, -0.25) is 4.98 Å². The SMILES string of the molecule is CCc1cccnc1C(O)Cc1nnn(C)n1. The lowest BCUT2D eigenvalue weighted by molar-refractivity contribution is 0.170. The van der Waals surface area contributed by atoms with E-state index in [9.17, 15) is 5.11 Å². The summed E-state index contributed by atoms with van der Waals surface area (Å²) in [6.07, 6.45) is 2.17. The van der Waals surface area contributed by atoms with Crippen LogP contribution in [0.4, 0.5) is 0 Å². The molecular formula is C11H15N5O. The molecule has 0 radical (unpaired) electrons. The summed E-state index contributed by atoms with van der Waals surface area (Å²) in [4.78, 5) is 5.60. The zero-order chi connectivity index (χ0) is 12.3. The number of pyridine rings is 1. The molecule has 0 saturated heterocycles. The van der Waals surface area contributed by atoms with Gasteiger partial charge in [-0.15, -0.1) is 10.2 Å². The molecule has 0 aliphatic heterocycles. The molecule has 0 fully saturated rings. The van der Waals surface area contributed by atoms with Gasteiger partial charge in [-0.05, 0) is 23.3 Å². The van der Waals surface area contributed by atoms with Crippen molar-refractivity contribution in [1.82, 2.24) is 25.2 Å². The molecule has 0 aliphatic carbocycles. The van der Waals surface area contributed by atoms with E-state index in [-0.39, 0.29) is 0 Å². The van der Waals surface area contributed by atoms with E-state index in [1.165, 1.54) is 4.80 Å². The molecule has 6 nitrogen and oxygen atoms in total. The van der Waals surface area contributed by atoms with Gasteiger partial charge in [-0.25, -0.2) is 0 Å². The minimum Gasteiger partial charge on any atom is -0.386 e. The van der Waals surface area contributed by atoms with E-state index < -0.39 is 6.10 Å². The third kappa shape index (κ3) is 2.65. The highest BCUT2D eigenvalue weighted by Gasteiger charge is 2.16. The van der Waals surface area contributed by atoms with Crippen molar-refractivity contribution in [2.45, 2.75) is 25.9 Å². The maximum atomic E-state index is 10.1. The molecule has 1 N–H and O–H groups in total. The van der Waals surface area contributed by atoms with Crippen LogP contribution in [0, 0.1) is 0 Å². The summed E-state index contributed by atoms with van der Waals surface area (Å²) in [5, 5.41) is 21.7. The first kappa shape index (κ1) is 11.7. The van der Waals surface area contributed by atoms with E-state index in [1.54, 1.807) is 13.2 Å². The first-order valence-corrected chi connectivity index (χ1v) is 5.55. The zero-order valence-corrected chi connectivity index (χ0v) is 9.91. The number of tetrazole rings is 1. The number of hydrogen-bond donors (Lipinski definition) is 1. The number of aryl methyl sites for hydroxylation is 2. The van der Waals surface area contributed by atoms with Gasteiger partial charge < -0.3 is 5.11 Å². The van der Waals surface area contributed by atoms with Crippen molar-refractivity contribution in [2.24, 2.45) is 7.05 Å². The van der Waals surface area contributed by atoms with Gasteiger partial charge in [0.05, 0.1) is 12.7 Å². The Morgan fingerprint density at radius 3 is 2.94 bits per heavy atom. The first-order chi connectivity index (χ1) is 8.20. The summed E-state index contributed by atoms with van der Waals surface area (Å²) in [5.41, 5.74) is 1.74. The van der Waals surface area contributed by atoms with Gasteiger partial charge in [0.25, 0.3) is 0 Å². The van der Waals surface area contributed by atoms with Gasteiger partial charge in [0.15, 0.2) is 5.82 Å². The fourth-order valence-corrected chi connectivity index (χ4v) is 1.72. The number of rotatable bonds is 4. The largest absolute Gasteiger partial charge is 0.386 e. The molecule has 0 saturated carbocycles. The molecule has 0 aromatic carbocycles. The van der Waals surface area contributed by atoms with Crippen LogP contribution in [0.25, 0.3) is 0 Å². The molecule has 2 rings (SSSR count).